The zero-order valence-electron chi connectivity index (χ0n) is 11.0. The van der Waals surface area contributed by atoms with Gasteiger partial charge in [-0.1, -0.05) is 0 Å². The van der Waals surface area contributed by atoms with Crippen LogP contribution in [0, 0.1) is 5.92 Å². The molecule has 1 aliphatic heterocycles. The SMILES string of the molecule is O=C1NC(CC(O)C2CC2)c2cccn2-c2sccc21. The number of aliphatic hydroxyl groups is 1. The second-order valence-corrected chi connectivity index (χ2v) is 6.50. The highest BCUT2D eigenvalue weighted by atomic mass is 32.1. The number of hydrogen-bond acceptors (Lipinski definition) is 3. The van der Waals surface area contributed by atoms with Crippen LogP contribution in [0.25, 0.3) is 5.00 Å². The Balaban J connectivity index is 1.72. The maximum Gasteiger partial charge on any atom is 0.254 e. The van der Waals surface area contributed by atoms with Gasteiger partial charge in [-0.3, -0.25) is 4.79 Å². The Morgan fingerprint density at radius 3 is 3.10 bits per heavy atom. The maximum atomic E-state index is 12.3. The summed E-state index contributed by atoms with van der Waals surface area (Å²) in [4.78, 5) is 12.3. The van der Waals surface area contributed by atoms with E-state index < -0.39 is 0 Å². The standard InChI is InChI=1S/C15H16N2O2S/c18-13(9-3-4-9)8-11-12-2-1-6-17(12)15-10(5-7-20-15)14(19)16-11/h1-2,5-7,9,11,13,18H,3-4,8H2,(H,16,19). The summed E-state index contributed by atoms with van der Waals surface area (Å²) in [5.74, 6) is 0.380. The Hall–Kier alpha value is -1.59. The van der Waals surface area contributed by atoms with Crippen molar-refractivity contribution < 1.29 is 9.90 Å². The van der Waals surface area contributed by atoms with E-state index in [0.29, 0.717) is 12.3 Å². The minimum Gasteiger partial charge on any atom is -0.393 e. The highest BCUT2D eigenvalue weighted by Crippen LogP contribution is 2.38. The topological polar surface area (TPSA) is 54.3 Å². The van der Waals surface area contributed by atoms with Crippen LogP contribution in [0.2, 0.25) is 0 Å². The van der Waals surface area contributed by atoms with Crippen molar-refractivity contribution in [3.63, 3.8) is 0 Å². The summed E-state index contributed by atoms with van der Waals surface area (Å²) in [5.41, 5.74) is 1.77. The maximum absolute atomic E-state index is 12.3. The quantitative estimate of drug-likeness (QED) is 0.911. The van der Waals surface area contributed by atoms with E-state index in [1.807, 2.05) is 29.8 Å². The molecular weight excluding hydrogens is 272 g/mol. The van der Waals surface area contributed by atoms with Gasteiger partial charge in [0.2, 0.25) is 0 Å². The summed E-state index contributed by atoms with van der Waals surface area (Å²) in [6, 6.07) is 5.76. The second kappa shape index (κ2) is 4.46. The lowest BCUT2D eigenvalue weighted by Gasteiger charge is -2.20. The normalized spacial score (nSPS) is 22.6. The van der Waals surface area contributed by atoms with Gasteiger partial charge in [0.15, 0.2) is 0 Å². The highest BCUT2D eigenvalue weighted by molar-refractivity contribution is 7.13. The van der Waals surface area contributed by atoms with E-state index in [1.54, 1.807) is 11.3 Å². The van der Waals surface area contributed by atoms with Crippen molar-refractivity contribution in [1.82, 2.24) is 9.88 Å². The molecule has 2 unspecified atom stereocenters. The van der Waals surface area contributed by atoms with E-state index in [2.05, 4.69) is 9.88 Å². The van der Waals surface area contributed by atoms with Crippen molar-refractivity contribution >= 4 is 17.2 Å². The van der Waals surface area contributed by atoms with Gasteiger partial charge in [0.1, 0.15) is 5.00 Å². The fraction of sp³-hybridized carbons (Fsp3) is 0.400. The van der Waals surface area contributed by atoms with Gasteiger partial charge in [-0.25, -0.2) is 0 Å². The monoisotopic (exact) mass is 288 g/mol. The predicted octanol–water partition coefficient (Wildman–Crippen LogP) is 2.48. The summed E-state index contributed by atoms with van der Waals surface area (Å²) >= 11 is 1.57. The second-order valence-electron chi connectivity index (χ2n) is 5.61. The summed E-state index contributed by atoms with van der Waals surface area (Å²) < 4.78 is 2.07. The van der Waals surface area contributed by atoms with Gasteiger partial charge < -0.3 is 15.0 Å². The molecule has 1 amide bonds. The molecule has 2 atom stereocenters. The zero-order valence-corrected chi connectivity index (χ0v) is 11.8. The Kier molecular flexibility index (Phi) is 2.72. The molecule has 0 radical (unpaired) electrons. The van der Waals surface area contributed by atoms with Gasteiger partial charge >= 0.3 is 0 Å². The third-order valence-electron chi connectivity index (χ3n) is 4.19. The smallest absolute Gasteiger partial charge is 0.254 e. The van der Waals surface area contributed by atoms with Crippen LogP contribution in [-0.2, 0) is 0 Å². The van der Waals surface area contributed by atoms with Gasteiger partial charge in [-0.15, -0.1) is 11.3 Å². The lowest BCUT2D eigenvalue weighted by Crippen LogP contribution is -2.30. The summed E-state index contributed by atoms with van der Waals surface area (Å²) in [6.07, 6.45) is 4.48. The first kappa shape index (κ1) is 12.2. The molecule has 20 heavy (non-hydrogen) atoms. The Morgan fingerprint density at radius 1 is 1.45 bits per heavy atom. The van der Waals surface area contributed by atoms with E-state index >= 15 is 0 Å². The summed E-state index contributed by atoms with van der Waals surface area (Å²) in [6.45, 7) is 0. The fourth-order valence-corrected chi connectivity index (χ4v) is 3.83. The van der Waals surface area contributed by atoms with Crippen LogP contribution in [0.15, 0.2) is 29.8 Å². The van der Waals surface area contributed by atoms with Crippen molar-refractivity contribution in [2.45, 2.75) is 31.4 Å². The molecule has 2 aromatic heterocycles. The van der Waals surface area contributed by atoms with Gasteiger partial charge in [0, 0.05) is 11.9 Å². The van der Waals surface area contributed by atoms with E-state index in [4.69, 9.17) is 0 Å². The molecule has 2 N–H and O–H groups in total. The number of rotatable bonds is 3. The predicted molar refractivity (Wildman–Crippen MR) is 77.2 cm³/mol. The fourth-order valence-electron chi connectivity index (χ4n) is 2.93. The Morgan fingerprint density at radius 2 is 2.30 bits per heavy atom. The van der Waals surface area contributed by atoms with Crippen LogP contribution in [0.3, 0.4) is 0 Å². The number of carbonyl (C=O) groups is 1. The molecule has 1 fully saturated rings. The molecule has 0 bridgehead atoms. The average Bonchev–Trinajstić information content (AvgIpc) is 3.01. The van der Waals surface area contributed by atoms with Crippen LogP contribution in [-0.4, -0.2) is 21.7 Å². The molecule has 3 heterocycles. The first-order chi connectivity index (χ1) is 9.74. The molecule has 0 saturated heterocycles. The van der Waals surface area contributed by atoms with Crippen molar-refractivity contribution in [1.29, 1.82) is 0 Å². The summed E-state index contributed by atoms with van der Waals surface area (Å²) in [7, 11) is 0. The first-order valence-electron chi connectivity index (χ1n) is 6.98. The lowest BCUT2D eigenvalue weighted by molar-refractivity contribution is 0.0898. The molecule has 1 aliphatic carbocycles. The average molecular weight is 288 g/mol. The van der Waals surface area contributed by atoms with Gasteiger partial charge in [0.25, 0.3) is 5.91 Å². The lowest BCUT2D eigenvalue weighted by atomic mass is 10.0. The number of carbonyl (C=O) groups excluding carboxylic acids is 1. The van der Waals surface area contributed by atoms with Crippen LogP contribution in [0.1, 0.15) is 41.4 Å². The molecule has 2 aromatic rings. The third-order valence-corrected chi connectivity index (χ3v) is 5.11. The number of aliphatic hydroxyl groups excluding tert-OH is 1. The minimum absolute atomic E-state index is 0.0436. The van der Waals surface area contributed by atoms with E-state index in [0.717, 1.165) is 29.1 Å². The van der Waals surface area contributed by atoms with E-state index in [1.165, 1.54) is 0 Å². The van der Waals surface area contributed by atoms with Crippen molar-refractivity contribution in [2.75, 3.05) is 0 Å². The Bertz CT molecular complexity index is 656. The van der Waals surface area contributed by atoms with Gasteiger partial charge in [0.05, 0.1) is 17.7 Å². The first-order valence-corrected chi connectivity index (χ1v) is 7.86. The number of fused-ring (bicyclic) bond motifs is 3. The number of hydrogen-bond donors (Lipinski definition) is 2. The molecule has 2 aliphatic rings. The van der Waals surface area contributed by atoms with E-state index in [-0.39, 0.29) is 18.1 Å². The summed E-state index contributed by atoms with van der Waals surface area (Å²) in [5, 5.41) is 16.2. The molecule has 1 saturated carbocycles. The minimum atomic E-state index is -0.320. The third kappa shape index (κ3) is 1.89. The molecule has 0 spiro atoms. The van der Waals surface area contributed by atoms with Crippen LogP contribution in [0.5, 0.6) is 0 Å². The molecule has 4 rings (SSSR count). The number of nitrogens with one attached hydrogen (secondary N) is 1. The molecule has 0 aromatic carbocycles. The largest absolute Gasteiger partial charge is 0.393 e. The molecule has 5 heteroatoms. The number of nitrogens with zero attached hydrogens (tertiary/aromatic N) is 1. The van der Waals surface area contributed by atoms with Gasteiger partial charge in [-0.2, -0.15) is 0 Å². The van der Waals surface area contributed by atoms with Crippen molar-refractivity contribution in [2.24, 2.45) is 5.92 Å². The van der Waals surface area contributed by atoms with E-state index in [9.17, 15) is 9.90 Å². The van der Waals surface area contributed by atoms with Crippen molar-refractivity contribution in [3.8, 4) is 5.00 Å². The van der Waals surface area contributed by atoms with Crippen LogP contribution >= 0.6 is 11.3 Å². The highest BCUT2D eigenvalue weighted by Gasteiger charge is 2.34. The Labute approximate surface area is 121 Å². The van der Waals surface area contributed by atoms with Crippen LogP contribution in [0.4, 0.5) is 0 Å². The number of amides is 1. The molecule has 104 valence electrons. The molecular formula is C15H16N2O2S. The van der Waals surface area contributed by atoms with Crippen LogP contribution < -0.4 is 5.32 Å². The zero-order chi connectivity index (χ0) is 13.7. The molecule has 4 nitrogen and oxygen atoms in total. The number of aromatic nitrogens is 1. The van der Waals surface area contributed by atoms with Gasteiger partial charge in [-0.05, 0) is 48.8 Å². The van der Waals surface area contributed by atoms with Crippen molar-refractivity contribution in [3.05, 3.63) is 41.0 Å². The number of thiophene rings is 1.